The average molecular weight is 403 g/mol. The van der Waals surface area contributed by atoms with E-state index in [-0.39, 0.29) is 5.54 Å². The molecule has 1 N–H and O–H groups in total. The first-order chi connectivity index (χ1) is 14.6. The fourth-order valence-electron chi connectivity index (χ4n) is 4.03. The van der Waals surface area contributed by atoms with E-state index in [0.29, 0.717) is 0 Å². The molecule has 3 heteroatoms. The highest BCUT2D eigenvalue weighted by Crippen LogP contribution is 2.38. The molecule has 0 heterocycles. The van der Waals surface area contributed by atoms with Crippen molar-refractivity contribution in [3.8, 4) is 5.75 Å². The number of hydrogen-bond donors (Lipinski definition) is 1. The summed E-state index contributed by atoms with van der Waals surface area (Å²) >= 11 is 0. The molecule has 0 radical (unpaired) electrons. The molecule has 3 aromatic rings. The number of rotatable bonds is 10. The maximum atomic E-state index is 5.82. The van der Waals surface area contributed by atoms with Gasteiger partial charge in [0, 0.05) is 25.3 Å². The van der Waals surface area contributed by atoms with Crippen LogP contribution in [-0.4, -0.2) is 27.7 Å². The Morgan fingerprint density at radius 3 is 2.17 bits per heavy atom. The van der Waals surface area contributed by atoms with Crippen molar-refractivity contribution in [1.82, 2.24) is 5.32 Å². The van der Waals surface area contributed by atoms with Gasteiger partial charge in [-0.1, -0.05) is 74.0 Å². The van der Waals surface area contributed by atoms with Gasteiger partial charge in [0.1, 0.15) is 5.75 Å². The lowest BCUT2D eigenvalue weighted by atomic mass is 9.77. The third-order valence-corrected chi connectivity index (χ3v) is 5.71. The topological polar surface area (TPSA) is 24.5 Å². The Bertz CT molecular complexity index is 906. The van der Waals surface area contributed by atoms with Crippen LogP contribution in [0.3, 0.4) is 0 Å². The van der Waals surface area contributed by atoms with E-state index >= 15 is 0 Å². The molecule has 30 heavy (non-hydrogen) atoms. The molecule has 3 rings (SSSR count). The molecule has 0 aromatic heterocycles. The van der Waals surface area contributed by atoms with Gasteiger partial charge in [-0.15, -0.1) is 0 Å². The van der Waals surface area contributed by atoms with E-state index < -0.39 is 0 Å². The molecule has 0 aliphatic carbocycles. The SMILES string of the molecule is CCCCNC(Cc1ccc(N(C)C)cc1)(c1ccccc1)c1ccccc1OC. The molecule has 1 unspecified atom stereocenters. The summed E-state index contributed by atoms with van der Waals surface area (Å²) in [6.45, 7) is 3.17. The maximum absolute atomic E-state index is 5.82. The number of anilines is 1. The van der Waals surface area contributed by atoms with E-state index in [1.54, 1.807) is 7.11 Å². The van der Waals surface area contributed by atoms with Crippen molar-refractivity contribution < 1.29 is 4.74 Å². The number of methoxy groups -OCH3 is 1. The minimum absolute atomic E-state index is 0.372. The molecule has 3 nitrogen and oxygen atoms in total. The van der Waals surface area contributed by atoms with Crippen molar-refractivity contribution in [1.29, 1.82) is 0 Å². The third kappa shape index (κ3) is 4.85. The first kappa shape index (κ1) is 21.9. The molecule has 0 amide bonds. The minimum atomic E-state index is -0.372. The van der Waals surface area contributed by atoms with Crippen LogP contribution in [0.25, 0.3) is 0 Å². The number of nitrogens with zero attached hydrogens (tertiary/aromatic N) is 1. The Morgan fingerprint density at radius 2 is 1.53 bits per heavy atom. The summed E-state index contributed by atoms with van der Waals surface area (Å²) in [7, 11) is 5.90. The monoisotopic (exact) mass is 402 g/mol. The second-order valence-electron chi connectivity index (χ2n) is 7.99. The zero-order valence-electron chi connectivity index (χ0n) is 18.7. The number of para-hydroxylation sites is 1. The predicted molar refractivity (Wildman–Crippen MR) is 128 cm³/mol. The number of ether oxygens (including phenoxy) is 1. The van der Waals surface area contributed by atoms with Gasteiger partial charge >= 0.3 is 0 Å². The van der Waals surface area contributed by atoms with Gasteiger partial charge in [0.15, 0.2) is 0 Å². The molecule has 0 spiro atoms. The van der Waals surface area contributed by atoms with Crippen molar-refractivity contribution >= 4 is 5.69 Å². The first-order valence-electron chi connectivity index (χ1n) is 10.8. The van der Waals surface area contributed by atoms with Crippen LogP contribution in [0.4, 0.5) is 5.69 Å². The van der Waals surface area contributed by atoms with E-state index in [4.69, 9.17) is 4.74 Å². The molecule has 0 bridgehead atoms. The van der Waals surface area contributed by atoms with Crippen LogP contribution in [0.15, 0.2) is 78.9 Å². The smallest absolute Gasteiger partial charge is 0.124 e. The molecular formula is C27H34N2O. The Hall–Kier alpha value is -2.78. The van der Waals surface area contributed by atoms with E-state index in [9.17, 15) is 0 Å². The van der Waals surface area contributed by atoms with Crippen LogP contribution >= 0.6 is 0 Å². The second kappa shape index (κ2) is 10.3. The summed E-state index contributed by atoms with van der Waals surface area (Å²) in [4.78, 5) is 2.13. The molecule has 0 saturated carbocycles. The zero-order chi connectivity index (χ0) is 21.4. The fourth-order valence-corrected chi connectivity index (χ4v) is 4.03. The van der Waals surface area contributed by atoms with Gasteiger partial charge in [-0.3, -0.25) is 0 Å². The molecular weight excluding hydrogens is 368 g/mol. The molecule has 3 aromatic carbocycles. The van der Waals surface area contributed by atoms with Crippen LogP contribution in [-0.2, 0) is 12.0 Å². The van der Waals surface area contributed by atoms with E-state index in [2.05, 4.69) is 104 Å². The average Bonchev–Trinajstić information content (AvgIpc) is 2.79. The van der Waals surface area contributed by atoms with E-state index in [1.165, 1.54) is 22.4 Å². The van der Waals surface area contributed by atoms with Gasteiger partial charge in [0.05, 0.1) is 12.6 Å². The summed E-state index contributed by atoms with van der Waals surface area (Å²) < 4.78 is 5.82. The Kier molecular flexibility index (Phi) is 7.53. The number of benzene rings is 3. The summed E-state index contributed by atoms with van der Waals surface area (Å²) in [5.41, 5.74) is 4.55. The van der Waals surface area contributed by atoms with Gasteiger partial charge in [-0.25, -0.2) is 0 Å². The normalized spacial score (nSPS) is 12.9. The lowest BCUT2D eigenvalue weighted by Crippen LogP contribution is -2.46. The maximum Gasteiger partial charge on any atom is 0.124 e. The number of hydrogen-bond acceptors (Lipinski definition) is 3. The van der Waals surface area contributed by atoms with Crippen LogP contribution in [0.1, 0.15) is 36.5 Å². The Labute approximate surface area is 181 Å². The standard InChI is InChI=1S/C27H34N2O/c1-5-6-20-28-27(23-12-8-7-9-13-23,25-14-10-11-15-26(25)30-4)21-22-16-18-24(19-17-22)29(2)3/h7-19,28H,5-6,20-21H2,1-4H3. The van der Waals surface area contributed by atoms with Crippen LogP contribution < -0.4 is 15.0 Å². The summed E-state index contributed by atoms with van der Waals surface area (Å²) in [6.07, 6.45) is 3.12. The summed E-state index contributed by atoms with van der Waals surface area (Å²) in [5.74, 6) is 0.912. The molecule has 1 atom stereocenters. The van der Waals surface area contributed by atoms with Crippen LogP contribution in [0, 0.1) is 0 Å². The lowest BCUT2D eigenvalue weighted by molar-refractivity contribution is 0.355. The van der Waals surface area contributed by atoms with Crippen molar-refractivity contribution in [3.63, 3.8) is 0 Å². The van der Waals surface area contributed by atoms with E-state index in [0.717, 1.165) is 31.6 Å². The number of nitrogens with one attached hydrogen (secondary N) is 1. The zero-order valence-corrected chi connectivity index (χ0v) is 18.7. The quantitative estimate of drug-likeness (QED) is 0.444. The highest BCUT2D eigenvalue weighted by molar-refractivity contribution is 5.50. The summed E-state index contributed by atoms with van der Waals surface area (Å²) in [6, 6.07) is 28.0. The van der Waals surface area contributed by atoms with Crippen LogP contribution in [0.5, 0.6) is 5.75 Å². The van der Waals surface area contributed by atoms with Gasteiger partial charge < -0.3 is 15.0 Å². The highest BCUT2D eigenvalue weighted by atomic mass is 16.5. The largest absolute Gasteiger partial charge is 0.496 e. The highest BCUT2D eigenvalue weighted by Gasteiger charge is 2.36. The first-order valence-corrected chi connectivity index (χ1v) is 10.8. The van der Waals surface area contributed by atoms with Crippen molar-refractivity contribution in [3.05, 3.63) is 95.6 Å². The third-order valence-electron chi connectivity index (χ3n) is 5.71. The lowest BCUT2D eigenvalue weighted by Gasteiger charge is -2.38. The molecule has 0 aliphatic rings. The molecule has 0 aliphatic heterocycles. The molecule has 0 fully saturated rings. The van der Waals surface area contributed by atoms with Gasteiger partial charge in [-0.2, -0.15) is 0 Å². The number of unbranched alkanes of at least 4 members (excludes halogenated alkanes) is 1. The van der Waals surface area contributed by atoms with Crippen molar-refractivity contribution in [2.75, 3.05) is 32.6 Å². The van der Waals surface area contributed by atoms with Gasteiger partial charge in [0.25, 0.3) is 0 Å². The van der Waals surface area contributed by atoms with Crippen molar-refractivity contribution in [2.24, 2.45) is 0 Å². The molecule has 0 saturated heterocycles. The Balaban J connectivity index is 2.14. The van der Waals surface area contributed by atoms with Gasteiger partial charge in [-0.05, 0) is 48.7 Å². The van der Waals surface area contributed by atoms with Crippen molar-refractivity contribution in [2.45, 2.75) is 31.7 Å². The predicted octanol–water partition coefficient (Wildman–Crippen LogP) is 5.64. The Morgan fingerprint density at radius 1 is 0.867 bits per heavy atom. The van der Waals surface area contributed by atoms with Gasteiger partial charge in [0.2, 0.25) is 0 Å². The van der Waals surface area contributed by atoms with E-state index in [1.807, 2.05) is 6.07 Å². The van der Waals surface area contributed by atoms with Crippen LogP contribution in [0.2, 0.25) is 0 Å². The molecule has 158 valence electrons. The minimum Gasteiger partial charge on any atom is -0.496 e. The fraction of sp³-hybridized carbons (Fsp3) is 0.333. The second-order valence-corrected chi connectivity index (χ2v) is 7.99. The summed E-state index contributed by atoms with van der Waals surface area (Å²) in [5, 5.41) is 3.94.